The van der Waals surface area contributed by atoms with E-state index >= 15 is 0 Å². The number of hydrogen-bond donors (Lipinski definition) is 1. The zero-order chi connectivity index (χ0) is 19.2. The predicted molar refractivity (Wildman–Crippen MR) is 110 cm³/mol. The van der Waals surface area contributed by atoms with Gasteiger partial charge in [0.05, 0.1) is 23.9 Å². The fraction of sp³-hybridized carbons (Fsp3) is 0.158. The number of hydrogen-bond acceptors (Lipinski definition) is 6. The van der Waals surface area contributed by atoms with Gasteiger partial charge in [-0.2, -0.15) is 0 Å². The van der Waals surface area contributed by atoms with Crippen LogP contribution >= 0.6 is 24.0 Å². The van der Waals surface area contributed by atoms with Crippen molar-refractivity contribution in [1.82, 2.24) is 9.88 Å². The fourth-order valence-corrected chi connectivity index (χ4v) is 3.79. The summed E-state index contributed by atoms with van der Waals surface area (Å²) in [6.07, 6.45) is 5.09. The first-order valence-electron chi connectivity index (χ1n) is 8.17. The Morgan fingerprint density at radius 3 is 2.89 bits per heavy atom. The zero-order valence-electron chi connectivity index (χ0n) is 14.5. The molecule has 8 heteroatoms. The largest absolute Gasteiger partial charge is 0.496 e. The van der Waals surface area contributed by atoms with Crippen LogP contribution in [0.15, 0.2) is 53.7 Å². The highest BCUT2D eigenvalue weighted by atomic mass is 32.2. The average Bonchev–Trinajstić information content (AvgIpc) is 2.94. The van der Waals surface area contributed by atoms with Crippen molar-refractivity contribution >= 4 is 51.9 Å². The molecule has 0 unspecified atom stereocenters. The standard InChI is InChI=1S/C19H17N3O3S2/c1-25-15-7-3-2-5-13(15)11-16-18(24)22(19(26)27-16)10-8-17(23)21-14-6-4-9-20-12-14/h2-7,9,11-12H,8,10H2,1H3,(H,21,23)/b16-11-. The summed E-state index contributed by atoms with van der Waals surface area (Å²) in [6, 6.07) is 10.9. The number of para-hydroxylation sites is 1. The summed E-state index contributed by atoms with van der Waals surface area (Å²) < 4.78 is 5.75. The molecular formula is C19H17N3O3S2. The molecule has 138 valence electrons. The van der Waals surface area contributed by atoms with Gasteiger partial charge >= 0.3 is 0 Å². The van der Waals surface area contributed by atoms with E-state index in [2.05, 4.69) is 10.3 Å². The smallest absolute Gasteiger partial charge is 0.266 e. The molecule has 1 aliphatic rings. The van der Waals surface area contributed by atoms with Gasteiger partial charge in [-0.15, -0.1) is 0 Å². The van der Waals surface area contributed by atoms with E-state index in [9.17, 15) is 9.59 Å². The van der Waals surface area contributed by atoms with Gasteiger partial charge in [-0.3, -0.25) is 19.5 Å². The second-order valence-electron chi connectivity index (χ2n) is 5.62. The summed E-state index contributed by atoms with van der Waals surface area (Å²) in [7, 11) is 1.58. The lowest BCUT2D eigenvalue weighted by molar-refractivity contribution is -0.122. The van der Waals surface area contributed by atoms with Crippen molar-refractivity contribution < 1.29 is 14.3 Å². The Kier molecular flexibility index (Phi) is 6.20. The maximum absolute atomic E-state index is 12.7. The molecule has 2 heterocycles. The molecule has 0 spiro atoms. The topological polar surface area (TPSA) is 71.5 Å². The molecule has 1 N–H and O–H groups in total. The molecule has 2 aromatic rings. The van der Waals surface area contributed by atoms with Gasteiger partial charge < -0.3 is 10.1 Å². The van der Waals surface area contributed by atoms with Gasteiger partial charge in [-0.25, -0.2) is 0 Å². The summed E-state index contributed by atoms with van der Waals surface area (Å²) in [5.74, 6) is 0.273. The number of anilines is 1. The van der Waals surface area contributed by atoms with Gasteiger partial charge in [-0.1, -0.05) is 42.2 Å². The lowest BCUT2D eigenvalue weighted by atomic mass is 10.2. The van der Waals surface area contributed by atoms with Crippen LogP contribution in [-0.2, 0) is 9.59 Å². The number of aromatic nitrogens is 1. The Balaban J connectivity index is 1.64. The molecule has 1 aromatic carbocycles. The second kappa shape index (κ2) is 8.79. The van der Waals surface area contributed by atoms with E-state index in [1.807, 2.05) is 24.3 Å². The van der Waals surface area contributed by atoms with Crippen LogP contribution in [0.3, 0.4) is 0 Å². The third-order valence-electron chi connectivity index (χ3n) is 3.81. The van der Waals surface area contributed by atoms with Gasteiger partial charge in [0.1, 0.15) is 10.1 Å². The third kappa shape index (κ3) is 4.72. The molecule has 6 nitrogen and oxygen atoms in total. The van der Waals surface area contributed by atoms with E-state index in [1.54, 1.807) is 37.7 Å². The number of pyridine rings is 1. The number of carbonyl (C=O) groups excluding carboxylic acids is 2. The first kappa shape index (κ1) is 19.1. The highest BCUT2D eigenvalue weighted by Crippen LogP contribution is 2.34. The maximum Gasteiger partial charge on any atom is 0.266 e. The first-order chi connectivity index (χ1) is 13.1. The highest BCUT2D eigenvalue weighted by molar-refractivity contribution is 8.26. The van der Waals surface area contributed by atoms with Crippen LogP contribution < -0.4 is 10.1 Å². The van der Waals surface area contributed by atoms with Crippen molar-refractivity contribution in [3.8, 4) is 5.75 Å². The summed E-state index contributed by atoms with van der Waals surface area (Å²) in [6.45, 7) is 0.222. The van der Waals surface area contributed by atoms with Gasteiger partial charge in [0, 0.05) is 24.7 Å². The molecule has 2 amide bonds. The van der Waals surface area contributed by atoms with Crippen molar-refractivity contribution in [1.29, 1.82) is 0 Å². The monoisotopic (exact) mass is 399 g/mol. The molecule has 0 saturated carbocycles. The van der Waals surface area contributed by atoms with E-state index in [4.69, 9.17) is 17.0 Å². The number of benzene rings is 1. The minimum absolute atomic E-state index is 0.142. The van der Waals surface area contributed by atoms with Crippen molar-refractivity contribution in [2.45, 2.75) is 6.42 Å². The van der Waals surface area contributed by atoms with Crippen LogP contribution in [0, 0.1) is 0 Å². The van der Waals surface area contributed by atoms with Crippen LogP contribution in [0.2, 0.25) is 0 Å². The van der Waals surface area contributed by atoms with Crippen molar-refractivity contribution in [2.75, 3.05) is 19.0 Å². The fourth-order valence-electron chi connectivity index (χ4n) is 2.49. The maximum atomic E-state index is 12.7. The number of nitrogens with zero attached hydrogens (tertiary/aromatic N) is 2. The van der Waals surface area contributed by atoms with Crippen LogP contribution in [0.25, 0.3) is 6.08 Å². The number of amides is 2. The Morgan fingerprint density at radius 1 is 1.33 bits per heavy atom. The normalized spacial score (nSPS) is 15.3. The number of thiocarbonyl (C=S) groups is 1. The summed E-state index contributed by atoms with van der Waals surface area (Å²) in [5, 5.41) is 2.74. The predicted octanol–water partition coefficient (Wildman–Crippen LogP) is 3.32. The Hall–Kier alpha value is -2.71. The molecule has 0 radical (unpaired) electrons. The van der Waals surface area contributed by atoms with Gasteiger partial charge in [0.2, 0.25) is 5.91 Å². The van der Waals surface area contributed by atoms with E-state index in [-0.39, 0.29) is 24.8 Å². The number of methoxy groups -OCH3 is 1. The van der Waals surface area contributed by atoms with Crippen LogP contribution in [0.5, 0.6) is 5.75 Å². The molecule has 27 heavy (non-hydrogen) atoms. The number of ether oxygens (including phenoxy) is 1. The molecule has 3 rings (SSSR count). The molecule has 1 fully saturated rings. The SMILES string of the molecule is COc1ccccc1/C=C1\SC(=S)N(CCC(=O)Nc2cccnc2)C1=O. The summed E-state index contributed by atoms with van der Waals surface area (Å²) >= 11 is 6.53. The lowest BCUT2D eigenvalue weighted by Crippen LogP contribution is -2.31. The lowest BCUT2D eigenvalue weighted by Gasteiger charge is -2.14. The number of nitrogens with one attached hydrogen (secondary N) is 1. The van der Waals surface area contributed by atoms with Gasteiger partial charge in [-0.05, 0) is 24.3 Å². The minimum atomic E-state index is -0.204. The molecule has 0 aliphatic carbocycles. The Labute approximate surface area is 166 Å². The minimum Gasteiger partial charge on any atom is -0.496 e. The van der Waals surface area contributed by atoms with Gasteiger partial charge in [0.15, 0.2) is 0 Å². The number of carbonyl (C=O) groups is 2. The van der Waals surface area contributed by atoms with Crippen LogP contribution in [-0.4, -0.2) is 39.7 Å². The van der Waals surface area contributed by atoms with E-state index in [0.717, 1.165) is 5.56 Å². The van der Waals surface area contributed by atoms with Gasteiger partial charge in [0.25, 0.3) is 5.91 Å². The zero-order valence-corrected chi connectivity index (χ0v) is 16.2. The van der Waals surface area contributed by atoms with Crippen LogP contribution in [0.4, 0.5) is 5.69 Å². The number of rotatable bonds is 6. The molecule has 1 aliphatic heterocycles. The molecule has 1 saturated heterocycles. The Bertz CT molecular complexity index is 900. The third-order valence-corrected chi connectivity index (χ3v) is 5.18. The molecule has 1 aromatic heterocycles. The van der Waals surface area contributed by atoms with Crippen molar-refractivity contribution in [2.24, 2.45) is 0 Å². The average molecular weight is 399 g/mol. The highest BCUT2D eigenvalue weighted by Gasteiger charge is 2.32. The summed E-state index contributed by atoms with van der Waals surface area (Å²) in [5.41, 5.74) is 1.42. The second-order valence-corrected chi connectivity index (χ2v) is 7.29. The van der Waals surface area contributed by atoms with Crippen molar-refractivity contribution in [3.05, 3.63) is 59.3 Å². The quantitative estimate of drug-likeness (QED) is 0.594. The summed E-state index contributed by atoms with van der Waals surface area (Å²) in [4.78, 5) is 30.6. The van der Waals surface area contributed by atoms with E-state index in [1.165, 1.54) is 16.7 Å². The first-order valence-corrected chi connectivity index (χ1v) is 9.39. The molecule has 0 bridgehead atoms. The van der Waals surface area contributed by atoms with E-state index < -0.39 is 0 Å². The van der Waals surface area contributed by atoms with Crippen LogP contribution in [0.1, 0.15) is 12.0 Å². The Morgan fingerprint density at radius 2 is 2.15 bits per heavy atom. The molecule has 0 atom stereocenters. The van der Waals surface area contributed by atoms with E-state index in [0.29, 0.717) is 20.7 Å². The van der Waals surface area contributed by atoms with Crippen molar-refractivity contribution in [3.63, 3.8) is 0 Å². The molecular weight excluding hydrogens is 382 g/mol. The number of thioether (sulfide) groups is 1.